The topological polar surface area (TPSA) is 29.4 Å². The first-order chi connectivity index (χ1) is 4.84. The molecule has 0 aromatic heterocycles. The molecule has 1 fully saturated rings. The van der Waals surface area contributed by atoms with Gasteiger partial charge >= 0.3 is 0 Å². The summed E-state index contributed by atoms with van der Waals surface area (Å²) in [6.45, 7) is 4.36. The molecule has 2 heteroatoms. The van der Waals surface area contributed by atoms with E-state index >= 15 is 0 Å². The molecule has 0 amide bonds. The quantitative estimate of drug-likeness (QED) is 0.427. The first-order valence-electron chi connectivity index (χ1n) is 3.81. The van der Waals surface area contributed by atoms with Gasteiger partial charge in [-0.2, -0.15) is 4.91 Å². The van der Waals surface area contributed by atoms with Gasteiger partial charge in [0.15, 0.2) is 0 Å². The fraction of sp³-hybridized carbons (Fsp3) is 0.750. The van der Waals surface area contributed by atoms with Gasteiger partial charge in [0.2, 0.25) is 0 Å². The maximum atomic E-state index is 9.93. The lowest BCUT2D eigenvalue weighted by Crippen LogP contribution is -2.11. The third kappa shape index (κ3) is 1.66. The smallest absolute Gasteiger partial charge is 0.0876 e. The zero-order valence-corrected chi connectivity index (χ0v) is 6.18. The van der Waals surface area contributed by atoms with Crippen molar-refractivity contribution in [2.75, 3.05) is 6.54 Å². The van der Waals surface area contributed by atoms with Crippen LogP contribution in [0.3, 0.4) is 0 Å². The van der Waals surface area contributed by atoms with Crippen LogP contribution in [0.5, 0.6) is 0 Å². The lowest BCUT2D eigenvalue weighted by atomic mass is 9.85. The Morgan fingerprint density at radius 2 is 2.40 bits per heavy atom. The Hall–Kier alpha value is -0.660. The molecule has 0 heterocycles. The molecule has 0 saturated heterocycles. The van der Waals surface area contributed by atoms with E-state index in [1.807, 2.05) is 0 Å². The second-order valence-corrected chi connectivity index (χ2v) is 2.91. The third-order valence-corrected chi connectivity index (χ3v) is 2.17. The van der Waals surface area contributed by atoms with E-state index in [-0.39, 0.29) is 0 Å². The van der Waals surface area contributed by atoms with Crippen LogP contribution in [0.2, 0.25) is 0 Å². The molecule has 0 radical (unpaired) electrons. The maximum absolute atomic E-state index is 9.93. The van der Waals surface area contributed by atoms with E-state index in [1.165, 1.54) is 18.4 Å². The van der Waals surface area contributed by atoms with Crippen LogP contribution in [-0.4, -0.2) is 6.54 Å². The minimum atomic E-state index is 0.395. The molecule has 2 nitrogen and oxygen atoms in total. The van der Waals surface area contributed by atoms with Gasteiger partial charge in [-0.15, -0.1) is 0 Å². The van der Waals surface area contributed by atoms with Crippen molar-refractivity contribution in [3.8, 4) is 0 Å². The van der Waals surface area contributed by atoms with Crippen molar-refractivity contribution in [3.63, 3.8) is 0 Å². The van der Waals surface area contributed by atoms with E-state index in [0.29, 0.717) is 12.5 Å². The fourth-order valence-electron chi connectivity index (χ4n) is 1.46. The summed E-state index contributed by atoms with van der Waals surface area (Å²) in [5.74, 6) is 0.395. The molecule has 1 rings (SSSR count). The highest BCUT2D eigenvalue weighted by Crippen LogP contribution is 2.27. The molecule has 0 N–H and O–H groups in total. The maximum Gasteiger partial charge on any atom is 0.0876 e. The van der Waals surface area contributed by atoms with Crippen molar-refractivity contribution in [2.45, 2.75) is 25.7 Å². The Morgan fingerprint density at radius 1 is 1.60 bits per heavy atom. The lowest BCUT2D eigenvalue weighted by Gasteiger charge is -2.21. The lowest BCUT2D eigenvalue weighted by molar-refractivity contribution is 0.462. The van der Waals surface area contributed by atoms with Gasteiger partial charge in [0.25, 0.3) is 0 Å². The van der Waals surface area contributed by atoms with E-state index < -0.39 is 0 Å². The Morgan fingerprint density at radius 3 is 3.00 bits per heavy atom. The van der Waals surface area contributed by atoms with Crippen LogP contribution in [-0.2, 0) is 0 Å². The predicted octanol–water partition coefficient (Wildman–Crippen LogP) is 2.50. The first kappa shape index (κ1) is 7.45. The summed E-state index contributed by atoms with van der Waals surface area (Å²) in [5.41, 5.74) is 1.23. The Bertz CT molecular complexity index is 142. The van der Waals surface area contributed by atoms with Gasteiger partial charge in [0.05, 0.1) is 6.54 Å². The van der Waals surface area contributed by atoms with Gasteiger partial charge in [-0.1, -0.05) is 23.7 Å². The molecule has 0 aromatic carbocycles. The predicted molar refractivity (Wildman–Crippen MR) is 41.8 cm³/mol. The van der Waals surface area contributed by atoms with E-state index in [4.69, 9.17) is 0 Å². The van der Waals surface area contributed by atoms with Crippen molar-refractivity contribution < 1.29 is 0 Å². The van der Waals surface area contributed by atoms with E-state index in [1.54, 1.807) is 0 Å². The summed E-state index contributed by atoms with van der Waals surface area (Å²) in [7, 11) is 0. The standard InChI is InChI=1S/C8H13NO/c1-7-4-2-3-5-8(7)6-9-10/h8H,1-6H2. The molecule has 0 aromatic rings. The van der Waals surface area contributed by atoms with Gasteiger partial charge in [-0.3, -0.25) is 0 Å². The molecular weight excluding hydrogens is 126 g/mol. The van der Waals surface area contributed by atoms with E-state index in [2.05, 4.69) is 11.8 Å². The molecular formula is C8H13NO. The summed E-state index contributed by atoms with van der Waals surface area (Å²) < 4.78 is 0. The molecule has 1 saturated carbocycles. The highest BCUT2D eigenvalue weighted by Gasteiger charge is 2.16. The van der Waals surface area contributed by atoms with Gasteiger partial charge in [-0.05, 0) is 19.3 Å². The second kappa shape index (κ2) is 3.49. The minimum absolute atomic E-state index is 0.395. The van der Waals surface area contributed by atoms with Crippen LogP contribution in [0.4, 0.5) is 0 Å². The normalized spacial score (nSPS) is 26.4. The highest BCUT2D eigenvalue weighted by molar-refractivity contribution is 5.03. The van der Waals surface area contributed by atoms with Crippen LogP contribution in [0, 0.1) is 10.8 Å². The van der Waals surface area contributed by atoms with Crippen molar-refractivity contribution in [1.82, 2.24) is 0 Å². The fourth-order valence-corrected chi connectivity index (χ4v) is 1.46. The molecule has 1 aliphatic rings. The number of rotatable bonds is 2. The zero-order valence-electron chi connectivity index (χ0n) is 6.18. The Balaban J connectivity index is 2.39. The molecule has 0 aliphatic heterocycles. The van der Waals surface area contributed by atoms with Gasteiger partial charge in [0, 0.05) is 5.92 Å². The van der Waals surface area contributed by atoms with Crippen LogP contribution >= 0.6 is 0 Å². The molecule has 10 heavy (non-hydrogen) atoms. The summed E-state index contributed by atoms with van der Waals surface area (Å²) in [4.78, 5) is 9.93. The summed E-state index contributed by atoms with van der Waals surface area (Å²) >= 11 is 0. The second-order valence-electron chi connectivity index (χ2n) is 2.91. The Labute approximate surface area is 61.3 Å². The monoisotopic (exact) mass is 139 g/mol. The van der Waals surface area contributed by atoms with Gasteiger partial charge in [-0.25, -0.2) is 0 Å². The third-order valence-electron chi connectivity index (χ3n) is 2.17. The minimum Gasteiger partial charge on any atom is -0.151 e. The largest absolute Gasteiger partial charge is 0.151 e. The van der Waals surface area contributed by atoms with Crippen molar-refractivity contribution >= 4 is 0 Å². The number of nitroso groups, excluding NO2 is 1. The van der Waals surface area contributed by atoms with Gasteiger partial charge < -0.3 is 0 Å². The summed E-state index contributed by atoms with van der Waals surface area (Å²) in [6.07, 6.45) is 4.69. The molecule has 56 valence electrons. The molecule has 1 atom stereocenters. The number of hydrogen-bond donors (Lipinski definition) is 0. The Kier molecular flexibility index (Phi) is 2.60. The zero-order chi connectivity index (χ0) is 7.40. The first-order valence-corrected chi connectivity index (χ1v) is 3.81. The molecule has 1 unspecified atom stereocenters. The van der Waals surface area contributed by atoms with Crippen molar-refractivity contribution in [3.05, 3.63) is 17.1 Å². The molecule has 0 bridgehead atoms. The highest BCUT2D eigenvalue weighted by atomic mass is 16.3. The van der Waals surface area contributed by atoms with E-state index in [0.717, 1.165) is 12.8 Å². The van der Waals surface area contributed by atoms with Crippen molar-refractivity contribution in [2.24, 2.45) is 11.1 Å². The van der Waals surface area contributed by atoms with Crippen molar-refractivity contribution in [1.29, 1.82) is 0 Å². The summed E-state index contributed by atoms with van der Waals surface area (Å²) in [6, 6.07) is 0. The average molecular weight is 139 g/mol. The van der Waals surface area contributed by atoms with Crippen LogP contribution in [0.25, 0.3) is 0 Å². The molecule has 1 aliphatic carbocycles. The van der Waals surface area contributed by atoms with Crippen LogP contribution < -0.4 is 0 Å². The van der Waals surface area contributed by atoms with Gasteiger partial charge in [0.1, 0.15) is 0 Å². The average Bonchev–Trinajstić information content (AvgIpc) is 1.94. The van der Waals surface area contributed by atoms with Crippen LogP contribution in [0.15, 0.2) is 17.3 Å². The number of hydrogen-bond acceptors (Lipinski definition) is 2. The van der Waals surface area contributed by atoms with Crippen LogP contribution in [0.1, 0.15) is 25.7 Å². The number of nitrogens with zero attached hydrogens (tertiary/aromatic N) is 1. The van der Waals surface area contributed by atoms with E-state index in [9.17, 15) is 4.91 Å². The summed E-state index contributed by atoms with van der Waals surface area (Å²) in [5, 5.41) is 2.90. The molecule has 0 spiro atoms. The SMILES string of the molecule is C=C1CCCCC1CN=O.